The molecule has 86 valence electrons. The third-order valence-corrected chi connectivity index (χ3v) is 2.47. The average Bonchev–Trinajstić information content (AvgIpc) is 2.29. The van der Waals surface area contributed by atoms with E-state index in [-0.39, 0.29) is 11.5 Å². The highest BCUT2D eigenvalue weighted by atomic mass is 19.1. The van der Waals surface area contributed by atoms with Crippen LogP contribution < -0.4 is 0 Å². The number of hydrogen-bond donors (Lipinski definition) is 1. The number of aryl methyl sites for hydroxylation is 1. The first-order chi connectivity index (χ1) is 8.09. The standard InChI is InChI=1S/C13H10FNO2/c1-8-6-9(7-15-12(8)13(16)17)10-4-2-3-5-11(10)14/h2-7H,1H3,(H,16,17). The molecule has 1 N–H and O–H groups in total. The van der Waals surface area contributed by atoms with Gasteiger partial charge in [0, 0.05) is 17.3 Å². The van der Waals surface area contributed by atoms with Crippen LogP contribution in [0.15, 0.2) is 36.5 Å². The summed E-state index contributed by atoms with van der Waals surface area (Å²) in [5.74, 6) is -1.43. The fourth-order valence-electron chi connectivity index (χ4n) is 1.64. The molecular formula is C13H10FNO2. The Morgan fingerprint density at radius 1 is 1.35 bits per heavy atom. The Kier molecular flexibility index (Phi) is 2.87. The Labute approximate surface area is 97.6 Å². The van der Waals surface area contributed by atoms with E-state index in [0.717, 1.165) is 0 Å². The number of halogens is 1. The quantitative estimate of drug-likeness (QED) is 0.864. The number of carboxylic acids is 1. The molecule has 1 heterocycles. The van der Waals surface area contributed by atoms with Crippen LogP contribution in [0.4, 0.5) is 4.39 Å². The molecule has 0 aliphatic rings. The van der Waals surface area contributed by atoms with Crippen LogP contribution in [0, 0.1) is 12.7 Å². The van der Waals surface area contributed by atoms with Gasteiger partial charge in [-0.05, 0) is 24.6 Å². The van der Waals surface area contributed by atoms with Gasteiger partial charge in [0.25, 0.3) is 0 Å². The van der Waals surface area contributed by atoms with E-state index in [1.165, 1.54) is 12.3 Å². The maximum Gasteiger partial charge on any atom is 0.354 e. The molecule has 0 saturated heterocycles. The normalized spacial score (nSPS) is 10.2. The van der Waals surface area contributed by atoms with Crippen molar-refractivity contribution in [1.82, 2.24) is 4.98 Å². The number of nitrogens with zero attached hydrogens (tertiary/aromatic N) is 1. The van der Waals surface area contributed by atoms with E-state index < -0.39 is 5.97 Å². The highest BCUT2D eigenvalue weighted by molar-refractivity contribution is 5.87. The van der Waals surface area contributed by atoms with Crippen LogP contribution in [0.5, 0.6) is 0 Å². The zero-order chi connectivity index (χ0) is 12.4. The summed E-state index contributed by atoms with van der Waals surface area (Å²) >= 11 is 0. The Bertz CT molecular complexity index is 581. The van der Waals surface area contributed by atoms with Gasteiger partial charge in [0.15, 0.2) is 5.69 Å². The van der Waals surface area contributed by atoms with E-state index in [0.29, 0.717) is 16.7 Å². The molecule has 0 saturated carbocycles. The van der Waals surface area contributed by atoms with E-state index >= 15 is 0 Å². The maximum atomic E-state index is 13.5. The Morgan fingerprint density at radius 3 is 2.65 bits per heavy atom. The van der Waals surface area contributed by atoms with Crippen LogP contribution in [-0.4, -0.2) is 16.1 Å². The van der Waals surface area contributed by atoms with Gasteiger partial charge in [0.1, 0.15) is 5.82 Å². The molecule has 0 amide bonds. The molecular weight excluding hydrogens is 221 g/mol. The lowest BCUT2D eigenvalue weighted by Gasteiger charge is -2.05. The summed E-state index contributed by atoms with van der Waals surface area (Å²) in [4.78, 5) is 14.6. The molecule has 3 nitrogen and oxygen atoms in total. The molecule has 17 heavy (non-hydrogen) atoms. The molecule has 1 aromatic heterocycles. The number of hydrogen-bond acceptors (Lipinski definition) is 2. The van der Waals surface area contributed by atoms with Crippen molar-refractivity contribution in [2.45, 2.75) is 6.92 Å². The van der Waals surface area contributed by atoms with E-state index in [9.17, 15) is 9.18 Å². The van der Waals surface area contributed by atoms with Crippen molar-refractivity contribution < 1.29 is 14.3 Å². The molecule has 0 spiro atoms. The zero-order valence-corrected chi connectivity index (χ0v) is 9.14. The van der Waals surface area contributed by atoms with E-state index in [4.69, 9.17) is 5.11 Å². The third kappa shape index (κ3) is 2.15. The monoisotopic (exact) mass is 231 g/mol. The van der Waals surface area contributed by atoms with Crippen molar-refractivity contribution in [1.29, 1.82) is 0 Å². The summed E-state index contributed by atoms with van der Waals surface area (Å²) in [5.41, 5.74) is 1.49. The molecule has 2 aromatic rings. The molecule has 0 atom stereocenters. The number of aromatic nitrogens is 1. The minimum atomic E-state index is -1.08. The molecule has 0 aliphatic carbocycles. The van der Waals surface area contributed by atoms with Crippen LogP contribution >= 0.6 is 0 Å². The smallest absolute Gasteiger partial charge is 0.354 e. The SMILES string of the molecule is Cc1cc(-c2ccccc2F)cnc1C(=O)O. The first kappa shape index (κ1) is 11.3. The Morgan fingerprint density at radius 2 is 2.06 bits per heavy atom. The second-order valence-corrected chi connectivity index (χ2v) is 3.67. The highest BCUT2D eigenvalue weighted by Gasteiger charge is 2.11. The first-order valence-electron chi connectivity index (χ1n) is 5.04. The maximum absolute atomic E-state index is 13.5. The molecule has 0 fully saturated rings. The van der Waals surface area contributed by atoms with E-state index in [1.807, 2.05) is 0 Å². The van der Waals surface area contributed by atoms with Gasteiger partial charge in [0.05, 0.1) is 0 Å². The van der Waals surface area contributed by atoms with Gasteiger partial charge >= 0.3 is 5.97 Å². The zero-order valence-electron chi connectivity index (χ0n) is 9.14. The van der Waals surface area contributed by atoms with Gasteiger partial charge in [-0.15, -0.1) is 0 Å². The second-order valence-electron chi connectivity index (χ2n) is 3.67. The van der Waals surface area contributed by atoms with Crippen LogP contribution in [0.25, 0.3) is 11.1 Å². The molecule has 0 unspecified atom stereocenters. The molecule has 0 radical (unpaired) electrons. The lowest BCUT2D eigenvalue weighted by molar-refractivity contribution is 0.0689. The van der Waals surface area contributed by atoms with Crippen LogP contribution in [-0.2, 0) is 0 Å². The molecule has 0 aliphatic heterocycles. The number of carboxylic acid groups (broad SMARTS) is 1. The van der Waals surface area contributed by atoms with Crippen molar-refractivity contribution in [2.24, 2.45) is 0 Å². The fourth-order valence-corrected chi connectivity index (χ4v) is 1.64. The van der Waals surface area contributed by atoms with Gasteiger partial charge in [-0.25, -0.2) is 14.2 Å². The summed E-state index contributed by atoms with van der Waals surface area (Å²) in [6.45, 7) is 1.64. The van der Waals surface area contributed by atoms with E-state index in [2.05, 4.69) is 4.98 Å². The van der Waals surface area contributed by atoms with Gasteiger partial charge in [-0.2, -0.15) is 0 Å². The number of pyridine rings is 1. The summed E-state index contributed by atoms with van der Waals surface area (Å²) in [6.07, 6.45) is 1.37. The van der Waals surface area contributed by atoms with Crippen molar-refractivity contribution in [2.75, 3.05) is 0 Å². The van der Waals surface area contributed by atoms with Crippen LogP contribution in [0.1, 0.15) is 16.1 Å². The second kappa shape index (κ2) is 4.33. The summed E-state index contributed by atoms with van der Waals surface area (Å²) in [5, 5.41) is 8.85. The molecule has 4 heteroatoms. The summed E-state index contributed by atoms with van der Waals surface area (Å²) < 4.78 is 13.5. The van der Waals surface area contributed by atoms with Gasteiger partial charge in [0.2, 0.25) is 0 Å². The summed E-state index contributed by atoms with van der Waals surface area (Å²) in [7, 11) is 0. The molecule has 2 rings (SSSR count). The van der Waals surface area contributed by atoms with Gasteiger partial charge in [-0.3, -0.25) is 0 Å². The number of carbonyl (C=O) groups is 1. The number of aromatic carboxylic acids is 1. The fraction of sp³-hybridized carbons (Fsp3) is 0.0769. The first-order valence-corrected chi connectivity index (χ1v) is 5.04. The minimum Gasteiger partial charge on any atom is -0.477 e. The average molecular weight is 231 g/mol. The molecule has 1 aromatic carbocycles. The van der Waals surface area contributed by atoms with Crippen molar-refractivity contribution >= 4 is 5.97 Å². The predicted molar refractivity (Wildman–Crippen MR) is 61.3 cm³/mol. The van der Waals surface area contributed by atoms with Crippen molar-refractivity contribution in [3.05, 3.63) is 53.6 Å². The van der Waals surface area contributed by atoms with Crippen molar-refractivity contribution in [3.8, 4) is 11.1 Å². The minimum absolute atomic E-state index is 0.00918. The highest BCUT2D eigenvalue weighted by Crippen LogP contribution is 2.23. The predicted octanol–water partition coefficient (Wildman–Crippen LogP) is 2.89. The van der Waals surface area contributed by atoms with Crippen LogP contribution in [0.2, 0.25) is 0 Å². The number of benzene rings is 1. The molecule has 0 bridgehead atoms. The topological polar surface area (TPSA) is 50.2 Å². The van der Waals surface area contributed by atoms with Crippen LogP contribution in [0.3, 0.4) is 0 Å². The Balaban J connectivity index is 2.52. The van der Waals surface area contributed by atoms with Gasteiger partial charge in [-0.1, -0.05) is 18.2 Å². The third-order valence-electron chi connectivity index (χ3n) is 2.47. The summed E-state index contributed by atoms with van der Waals surface area (Å²) in [6, 6.07) is 7.93. The Hall–Kier alpha value is -2.23. The van der Waals surface area contributed by atoms with E-state index in [1.54, 1.807) is 31.2 Å². The lowest BCUT2D eigenvalue weighted by Crippen LogP contribution is -2.03. The van der Waals surface area contributed by atoms with Crippen molar-refractivity contribution in [3.63, 3.8) is 0 Å². The number of rotatable bonds is 2. The lowest BCUT2D eigenvalue weighted by atomic mass is 10.0. The van der Waals surface area contributed by atoms with Gasteiger partial charge < -0.3 is 5.11 Å². The largest absolute Gasteiger partial charge is 0.477 e.